The van der Waals surface area contributed by atoms with Gasteiger partial charge in [-0.1, -0.05) is 37.3 Å². The molecular formula is C18H27N3O2. The van der Waals surface area contributed by atoms with Crippen molar-refractivity contribution < 1.29 is 9.90 Å². The normalized spacial score (nSPS) is 18.8. The van der Waals surface area contributed by atoms with Gasteiger partial charge < -0.3 is 15.3 Å². The zero-order valence-electron chi connectivity index (χ0n) is 14.0. The molecule has 2 rings (SSSR count). The summed E-state index contributed by atoms with van der Waals surface area (Å²) in [6.45, 7) is 3.79. The third kappa shape index (κ3) is 5.06. The highest BCUT2D eigenvalue weighted by molar-refractivity contribution is 5.77. The monoisotopic (exact) mass is 317 g/mol. The Bertz CT molecular complexity index is 522. The van der Waals surface area contributed by atoms with Crippen LogP contribution in [0.25, 0.3) is 0 Å². The lowest BCUT2D eigenvalue weighted by Crippen LogP contribution is -2.51. The fraction of sp³-hybridized carbons (Fsp3) is 0.556. The molecular weight excluding hydrogens is 290 g/mol. The van der Waals surface area contributed by atoms with Crippen LogP contribution in [0.5, 0.6) is 0 Å². The topological polar surface area (TPSA) is 64.9 Å². The predicted molar refractivity (Wildman–Crippen MR) is 92.7 cm³/mol. The van der Waals surface area contributed by atoms with Crippen molar-refractivity contribution in [1.82, 2.24) is 10.2 Å². The van der Waals surface area contributed by atoms with Gasteiger partial charge in [-0.05, 0) is 24.3 Å². The summed E-state index contributed by atoms with van der Waals surface area (Å²) >= 11 is 0. The average Bonchev–Trinajstić information content (AvgIpc) is 2.56. The number of carbonyl (C=O) groups is 1. The number of aliphatic hydroxyl groups is 1. The minimum atomic E-state index is -0.747. The van der Waals surface area contributed by atoms with E-state index in [0.717, 1.165) is 0 Å². The maximum absolute atomic E-state index is 12.5. The number of piperidine rings is 1. The molecule has 0 bridgehead atoms. The van der Waals surface area contributed by atoms with E-state index in [2.05, 4.69) is 29.4 Å². The van der Waals surface area contributed by atoms with E-state index < -0.39 is 5.60 Å². The molecule has 0 aliphatic carbocycles. The zero-order chi connectivity index (χ0) is 16.7. The molecule has 0 spiro atoms. The molecule has 1 aliphatic rings. The average molecular weight is 317 g/mol. The molecule has 5 nitrogen and oxygen atoms in total. The van der Waals surface area contributed by atoms with Gasteiger partial charge in [-0.15, -0.1) is 0 Å². The van der Waals surface area contributed by atoms with Crippen LogP contribution in [0.1, 0.15) is 37.7 Å². The molecule has 1 saturated heterocycles. The highest BCUT2D eigenvalue weighted by Crippen LogP contribution is 2.24. The summed E-state index contributed by atoms with van der Waals surface area (Å²) in [5.41, 5.74) is 0.445. The standard InChI is InChI=1S/C18H27N3O2/c1-15(16-6-4-3-5-7-16)12-17(22)21-10-8-18(23,9-11-21)13-20-14-19-2/h3-7,14-15,23H,8-13H2,1-2H3,(H,19,20)/t15-/m1/s1. The van der Waals surface area contributed by atoms with Crippen LogP contribution in [-0.2, 0) is 4.79 Å². The molecule has 0 unspecified atom stereocenters. The lowest BCUT2D eigenvalue weighted by Gasteiger charge is -2.38. The summed E-state index contributed by atoms with van der Waals surface area (Å²) < 4.78 is 0. The molecule has 1 fully saturated rings. The summed E-state index contributed by atoms with van der Waals surface area (Å²) in [6, 6.07) is 10.1. The first-order valence-corrected chi connectivity index (χ1v) is 8.23. The van der Waals surface area contributed by atoms with E-state index >= 15 is 0 Å². The highest BCUT2D eigenvalue weighted by Gasteiger charge is 2.33. The summed E-state index contributed by atoms with van der Waals surface area (Å²) in [5.74, 6) is 0.387. The maximum atomic E-state index is 12.5. The number of hydrogen-bond acceptors (Lipinski definition) is 3. The Morgan fingerprint density at radius 1 is 1.39 bits per heavy atom. The van der Waals surface area contributed by atoms with Crippen molar-refractivity contribution >= 4 is 12.2 Å². The first kappa shape index (κ1) is 17.5. The summed E-state index contributed by atoms with van der Waals surface area (Å²) in [5, 5.41) is 13.5. The van der Waals surface area contributed by atoms with Gasteiger partial charge in [0.1, 0.15) is 0 Å². The molecule has 1 amide bonds. The van der Waals surface area contributed by atoms with Crippen LogP contribution in [0.4, 0.5) is 0 Å². The molecule has 1 atom stereocenters. The number of amides is 1. The number of likely N-dealkylation sites (tertiary alicyclic amines) is 1. The Hall–Kier alpha value is -1.88. The van der Waals surface area contributed by atoms with Crippen molar-refractivity contribution in [2.24, 2.45) is 4.99 Å². The SMILES string of the molecule is C/N=C\NCC1(O)CCN(C(=O)C[C@@H](C)c2ccccc2)CC1. The molecule has 1 aliphatic heterocycles. The second-order valence-corrected chi connectivity index (χ2v) is 6.39. The first-order chi connectivity index (χ1) is 11.0. The smallest absolute Gasteiger partial charge is 0.223 e. The second kappa shape index (κ2) is 8.11. The number of hydrogen-bond donors (Lipinski definition) is 2. The van der Waals surface area contributed by atoms with Gasteiger partial charge in [0.25, 0.3) is 0 Å². The highest BCUT2D eigenvalue weighted by atomic mass is 16.3. The quantitative estimate of drug-likeness (QED) is 0.621. The van der Waals surface area contributed by atoms with E-state index in [4.69, 9.17) is 0 Å². The van der Waals surface area contributed by atoms with Crippen molar-refractivity contribution in [2.75, 3.05) is 26.7 Å². The van der Waals surface area contributed by atoms with E-state index in [9.17, 15) is 9.90 Å². The van der Waals surface area contributed by atoms with Gasteiger partial charge >= 0.3 is 0 Å². The molecule has 1 aromatic carbocycles. The molecule has 0 radical (unpaired) electrons. The second-order valence-electron chi connectivity index (χ2n) is 6.39. The lowest BCUT2D eigenvalue weighted by molar-refractivity contribution is -0.135. The van der Waals surface area contributed by atoms with Gasteiger partial charge in [0.05, 0.1) is 11.9 Å². The van der Waals surface area contributed by atoms with Crippen LogP contribution in [0.15, 0.2) is 35.3 Å². The number of nitrogens with one attached hydrogen (secondary N) is 1. The molecule has 126 valence electrons. The van der Waals surface area contributed by atoms with Crippen LogP contribution in [0.3, 0.4) is 0 Å². The fourth-order valence-electron chi connectivity index (χ4n) is 2.97. The molecule has 5 heteroatoms. The molecule has 23 heavy (non-hydrogen) atoms. The third-order valence-corrected chi connectivity index (χ3v) is 4.55. The number of aliphatic imine (C=N–C) groups is 1. The predicted octanol–water partition coefficient (Wildman–Crippen LogP) is 1.78. The largest absolute Gasteiger partial charge is 0.388 e. The van der Waals surface area contributed by atoms with Crippen molar-refractivity contribution in [3.8, 4) is 0 Å². The van der Waals surface area contributed by atoms with Gasteiger partial charge in [0, 0.05) is 33.1 Å². The molecule has 0 aromatic heterocycles. The van der Waals surface area contributed by atoms with Crippen LogP contribution in [0, 0.1) is 0 Å². The fourth-order valence-corrected chi connectivity index (χ4v) is 2.97. The summed E-state index contributed by atoms with van der Waals surface area (Å²) in [7, 11) is 1.69. The van der Waals surface area contributed by atoms with E-state index in [0.29, 0.717) is 38.9 Å². The van der Waals surface area contributed by atoms with Crippen LogP contribution in [0.2, 0.25) is 0 Å². The van der Waals surface area contributed by atoms with Gasteiger partial charge in [-0.25, -0.2) is 0 Å². The summed E-state index contributed by atoms with van der Waals surface area (Å²) in [6.07, 6.45) is 3.31. The van der Waals surface area contributed by atoms with E-state index in [-0.39, 0.29) is 11.8 Å². The minimum Gasteiger partial charge on any atom is -0.388 e. The van der Waals surface area contributed by atoms with Crippen LogP contribution >= 0.6 is 0 Å². The Morgan fingerprint density at radius 3 is 2.65 bits per heavy atom. The first-order valence-electron chi connectivity index (χ1n) is 8.23. The van der Waals surface area contributed by atoms with E-state index in [1.165, 1.54) is 5.56 Å². The Balaban J connectivity index is 1.81. The summed E-state index contributed by atoms with van der Waals surface area (Å²) in [4.78, 5) is 18.2. The number of rotatable bonds is 6. The molecule has 1 heterocycles. The van der Waals surface area contributed by atoms with E-state index in [1.807, 2.05) is 23.1 Å². The number of benzene rings is 1. The van der Waals surface area contributed by atoms with Crippen molar-refractivity contribution in [3.63, 3.8) is 0 Å². The Labute approximate surface area is 138 Å². The molecule has 1 aromatic rings. The minimum absolute atomic E-state index is 0.173. The Morgan fingerprint density at radius 2 is 2.04 bits per heavy atom. The van der Waals surface area contributed by atoms with Gasteiger partial charge in [-0.3, -0.25) is 9.79 Å². The number of carbonyl (C=O) groups excluding carboxylic acids is 1. The van der Waals surface area contributed by atoms with Gasteiger partial charge in [0.15, 0.2) is 0 Å². The molecule has 0 saturated carbocycles. The van der Waals surface area contributed by atoms with Gasteiger partial charge in [0.2, 0.25) is 5.91 Å². The Kier molecular flexibility index (Phi) is 6.16. The van der Waals surface area contributed by atoms with Crippen LogP contribution < -0.4 is 5.32 Å². The maximum Gasteiger partial charge on any atom is 0.223 e. The van der Waals surface area contributed by atoms with E-state index in [1.54, 1.807) is 13.4 Å². The number of nitrogens with zero attached hydrogens (tertiary/aromatic N) is 2. The van der Waals surface area contributed by atoms with Crippen molar-refractivity contribution in [3.05, 3.63) is 35.9 Å². The molecule has 2 N–H and O–H groups in total. The zero-order valence-corrected chi connectivity index (χ0v) is 14.0. The van der Waals surface area contributed by atoms with Crippen LogP contribution in [-0.4, -0.2) is 54.5 Å². The van der Waals surface area contributed by atoms with Crippen molar-refractivity contribution in [2.45, 2.75) is 37.7 Å². The third-order valence-electron chi connectivity index (χ3n) is 4.55. The lowest BCUT2D eigenvalue weighted by atomic mass is 9.90. The van der Waals surface area contributed by atoms with Crippen molar-refractivity contribution in [1.29, 1.82) is 0 Å². The van der Waals surface area contributed by atoms with Gasteiger partial charge in [-0.2, -0.15) is 0 Å².